The van der Waals surface area contributed by atoms with Gasteiger partial charge in [-0.15, -0.1) is 0 Å². The van der Waals surface area contributed by atoms with Gasteiger partial charge in [0, 0.05) is 17.5 Å². The van der Waals surface area contributed by atoms with E-state index in [-0.39, 0.29) is 12.0 Å². The number of rotatable bonds is 3. The summed E-state index contributed by atoms with van der Waals surface area (Å²) >= 11 is 0. The Balaban J connectivity index is 1.66. The highest BCUT2D eigenvalue weighted by molar-refractivity contribution is 6.00. The van der Waals surface area contributed by atoms with Gasteiger partial charge in [0.15, 0.2) is 5.78 Å². The lowest BCUT2D eigenvalue weighted by Gasteiger charge is -2.31. The maximum Gasteiger partial charge on any atom is 0.168 e. The molecular formula is C18H23NO. The quantitative estimate of drug-likeness (QED) is 0.853. The zero-order chi connectivity index (χ0) is 13.7. The van der Waals surface area contributed by atoms with Crippen molar-refractivity contribution in [2.45, 2.75) is 50.5 Å². The summed E-state index contributed by atoms with van der Waals surface area (Å²) in [5.41, 5.74) is 8.62. The van der Waals surface area contributed by atoms with Gasteiger partial charge in [0.05, 0.1) is 0 Å². The van der Waals surface area contributed by atoms with Crippen molar-refractivity contribution in [1.82, 2.24) is 0 Å². The number of carbonyl (C=O) groups excluding carboxylic acids is 1. The van der Waals surface area contributed by atoms with Crippen molar-refractivity contribution in [3.63, 3.8) is 0 Å². The summed E-state index contributed by atoms with van der Waals surface area (Å²) in [4.78, 5) is 13.0. The normalized spacial score (nSPS) is 36.0. The van der Waals surface area contributed by atoms with Crippen molar-refractivity contribution < 1.29 is 4.79 Å². The van der Waals surface area contributed by atoms with Crippen LogP contribution in [-0.2, 0) is 0 Å². The van der Waals surface area contributed by atoms with Crippen molar-refractivity contribution in [3.05, 3.63) is 35.4 Å². The highest BCUT2D eigenvalue weighted by atomic mass is 16.1. The van der Waals surface area contributed by atoms with E-state index in [4.69, 9.17) is 5.73 Å². The molecule has 0 spiro atoms. The number of hydrogen-bond acceptors (Lipinski definition) is 2. The minimum Gasteiger partial charge on any atom is -0.327 e. The second kappa shape index (κ2) is 4.70. The molecule has 106 valence electrons. The Morgan fingerprint density at radius 1 is 1.05 bits per heavy atom. The fourth-order valence-electron chi connectivity index (χ4n) is 4.70. The molecule has 0 saturated heterocycles. The maximum absolute atomic E-state index is 13.0. The van der Waals surface area contributed by atoms with Crippen molar-refractivity contribution in [2.24, 2.45) is 23.5 Å². The summed E-state index contributed by atoms with van der Waals surface area (Å²) < 4.78 is 0. The molecule has 3 aliphatic rings. The van der Waals surface area contributed by atoms with Gasteiger partial charge in [-0.2, -0.15) is 0 Å². The van der Waals surface area contributed by atoms with E-state index < -0.39 is 0 Å². The van der Waals surface area contributed by atoms with Gasteiger partial charge in [0.25, 0.3) is 0 Å². The van der Waals surface area contributed by atoms with Crippen LogP contribution in [0.25, 0.3) is 0 Å². The molecule has 3 fully saturated rings. The largest absolute Gasteiger partial charge is 0.327 e. The fraction of sp³-hybridized carbons (Fsp3) is 0.611. The molecule has 1 aromatic rings. The molecule has 1 aromatic carbocycles. The molecule has 0 heterocycles. The smallest absolute Gasteiger partial charge is 0.168 e. The van der Waals surface area contributed by atoms with Crippen LogP contribution in [0.2, 0.25) is 0 Å². The van der Waals surface area contributed by atoms with E-state index in [2.05, 4.69) is 12.1 Å². The molecule has 4 rings (SSSR count). The SMILES string of the molecule is NC1C2CCC(C2)C1C(=O)c1ccccc1C1CCC1. The number of carbonyl (C=O) groups is 1. The molecular weight excluding hydrogens is 246 g/mol. The lowest BCUT2D eigenvalue weighted by molar-refractivity contribution is 0.0854. The second-order valence-corrected chi connectivity index (χ2v) is 7.02. The van der Waals surface area contributed by atoms with E-state index in [1.165, 1.54) is 44.1 Å². The van der Waals surface area contributed by atoms with Gasteiger partial charge in [0.1, 0.15) is 0 Å². The summed E-state index contributed by atoms with van der Waals surface area (Å²) in [7, 11) is 0. The van der Waals surface area contributed by atoms with E-state index >= 15 is 0 Å². The van der Waals surface area contributed by atoms with Gasteiger partial charge in [0.2, 0.25) is 0 Å². The van der Waals surface area contributed by atoms with Crippen molar-refractivity contribution in [3.8, 4) is 0 Å². The molecule has 2 N–H and O–H groups in total. The van der Waals surface area contributed by atoms with Gasteiger partial charge >= 0.3 is 0 Å². The average molecular weight is 269 g/mol. The average Bonchev–Trinajstić information content (AvgIpc) is 2.97. The van der Waals surface area contributed by atoms with Crippen LogP contribution < -0.4 is 5.73 Å². The number of hydrogen-bond donors (Lipinski definition) is 1. The van der Waals surface area contributed by atoms with E-state index in [0.717, 1.165) is 5.56 Å². The molecule has 2 nitrogen and oxygen atoms in total. The van der Waals surface area contributed by atoms with Gasteiger partial charge in [-0.3, -0.25) is 4.79 Å². The maximum atomic E-state index is 13.0. The number of Topliss-reactive ketones (excluding diaryl/α,β-unsaturated/α-hetero) is 1. The van der Waals surface area contributed by atoms with Crippen LogP contribution in [0.5, 0.6) is 0 Å². The summed E-state index contributed by atoms with van der Waals surface area (Å²) in [6.07, 6.45) is 7.42. The minimum absolute atomic E-state index is 0.0926. The highest BCUT2D eigenvalue weighted by Crippen LogP contribution is 2.49. The summed E-state index contributed by atoms with van der Waals surface area (Å²) in [5, 5.41) is 0. The predicted octanol–water partition coefficient (Wildman–Crippen LogP) is 3.51. The number of nitrogens with two attached hydrogens (primary N) is 1. The zero-order valence-electron chi connectivity index (χ0n) is 11.9. The molecule has 2 heteroatoms. The first-order chi connectivity index (χ1) is 9.75. The van der Waals surface area contributed by atoms with Gasteiger partial charge in [-0.1, -0.05) is 30.7 Å². The van der Waals surface area contributed by atoms with Crippen LogP contribution in [0, 0.1) is 17.8 Å². The molecule has 0 aromatic heterocycles. The Morgan fingerprint density at radius 3 is 2.45 bits per heavy atom. The number of benzene rings is 1. The lowest BCUT2D eigenvalue weighted by atomic mass is 9.74. The van der Waals surface area contributed by atoms with Crippen LogP contribution in [-0.4, -0.2) is 11.8 Å². The molecule has 3 aliphatic carbocycles. The highest BCUT2D eigenvalue weighted by Gasteiger charge is 2.49. The van der Waals surface area contributed by atoms with Gasteiger partial charge in [-0.05, 0) is 55.4 Å². The third-order valence-corrected chi connectivity index (χ3v) is 6.05. The molecule has 0 amide bonds. The van der Waals surface area contributed by atoms with Crippen LogP contribution >= 0.6 is 0 Å². The predicted molar refractivity (Wildman–Crippen MR) is 79.7 cm³/mol. The van der Waals surface area contributed by atoms with Crippen molar-refractivity contribution in [1.29, 1.82) is 0 Å². The number of fused-ring (bicyclic) bond motifs is 2. The summed E-state index contributed by atoms with van der Waals surface area (Å²) in [5.74, 6) is 2.20. The molecule has 0 aliphatic heterocycles. The third kappa shape index (κ3) is 1.77. The first kappa shape index (κ1) is 12.6. The standard InChI is InChI=1S/C18H23NO/c19-17-13-9-8-12(10-13)16(17)18(20)15-7-2-1-6-14(15)11-4-3-5-11/h1-2,6-7,11-13,16-17H,3-5,8-10,19H2. The second-order valence-electron chi connectivity index (χ2n) is 7.02. The van der Waals surface area contributed by atoms with E-state index in [0.29, 0.717) is 23.5 Å². The topological polar surface area (TPSA) is 43.1 Å². The minimum atomic E-state index is 0.0926. The Morgan fingerprint density at radius 2 is 1.80 bits per heavy atom. The van der Waals surface area contributed by atoms with Crippen molar-refractivity contribution >= 4 is 5.78 Å². The van der Waals surface area contributed by atoms with Gasteiger partial charge in [-0.25, -0.2) is 0 Å². The number of ketones is 1. The van der Waals surface area contributed by atoms with E-state index in [1.54, 1.807) is 0 Å². The molecule has 4 atom stereocenters. The van der Waals surface area contributed by atoms with Crippen LogP contribution in [0.15, 0.2) is 24.3 Å². The Kier molecular flexibility index (Phi) is 2.95. The molecule has 3 saturated carbocycles. The lowest BCUT2D eigenvalue weighted by Crippen LogP contribution is -2.40. The first-order valence-electron chi connectivity index (χ1n) is 8.14. The molecule has 2 bridgehead atoms. The van der Waals surface area contributed by atoms with E-state index in [9.17, 15) is 4.79 Å². The summed E-state index contributed by atoms with van der Waals surface area (Å²) in [6, 6.07) is 8.39. The summed E-state index contributed by atoms with van der Waals surface area (Å²) in [6.45, 7) is 0. The fourth-order valence-corrected chi connectivity index (χ4v) is 4.70. The van der Waals surface area contributed by atoms with Gasteiger partial charge < -0.3 is 5.73 Å². The molecule has 4 unspecified atom stereocenters. The Labute approximate surface area is 120 Å². The van der Waals surface area contributed by atoms with Crippen LogP contribution in [0.1, 0.15) is 60.4 Å². The third-order valence-electron chi connectivity index (χ3n) is 6.05. The van der Waals surface area contributed by atoms with E-state index in [1.807, 2.05) is 12.1 Å². The molecule has 20 heavy (non-hydrogen) atoms. The zero-order valence-corrected chi connectivity index (χ0v) is 11.9. The monoisotopic (exact) mass is 269 g/mol. The first-order valence-corrected chi connectivity index (χ1v) is 8.14. The van der Waals surface area contributed by atoms with Crippen LogP contribution in [0.4, 0.5) is 0 Å². The van der Waals surface area contributed by atoms with Crippen molar-refractivity contribution in [2.75, 3.05) is 0 Å². The Hall–Kier alpha value is -1.15. The Bertz CT molecular complexity index is 532. The molecule has 0 radical (unpaired) electrons. The van der Waals surface area contributed by atoms with Crippen LogP contribution in [0.3, 0.4) is 0 Å².